The Bertz CT molecular complexity index is 398. The third-order valence-corrected chi connectivity index (χ3v) is 1.92. The molecule has 2 nitrogen and oxygen atoms in total. The maximum absolute atomic E-state index is 13.1. The predicted octanol–water partition coefficient (Wildman–Crippen LogP) is 2.51. The molecule has 0 spiro atoms. The number of rotatable bonds is 3. The lowest BCUT2D eigenvalue weighted by molar-refractivity contribution is -0.170. The molecule has 0 saturated carbocycles. The van der Waals surface area contributed by atoms with E-state index in [0.29, 0.717) is 0 Å². The molecule has 0 radical (unpaired) electrons. The Morgan fingerprint density at radius 1 is 1.38 bits per heavy atom. The molecule has 0 aliphatic rings. The molecule has 16 heavy (non-hydrogen) atoms. The highest BCUT2D eigenvalue weighted by Gasteiger charge is 2.38. The Morgan fingerprint density at radius 3 is 2.50 bits per heavy atom. The molecule has 1 rings (SSSR count). The van der Waals surface area contributed by atoms with Gasteiger partial charge in [-0.15, -0.1) is 0 Å². The predicted molar refractivity (Wildman–Crippen MR) is 47.7 cm³/mol. The van der Waals surface area contributed by atoms with Crippen molar-refractivity contribution in [2.24, 2.45) is 0 Å². The zero-order valence-electron chi connectivity index (χ0n) is 8.27. The van der Waals surface area contributed by atoms with Gasteiger partial charge in [0.25, 0.3) is 0 Å². The monoisotopic (exact) mass is 236 g/mol. The number of carbonyl (C=O) groups is 1. The van der Waals surface area contributed by atoms with E-state index in [0.717, 1.165) is 13.2 Å². The van der Waals surface area contributed by atoms with E-state index in [-0.39, 0.29) is 11.3 Å². The average Bonchev–Trinajstić information content (AvgIpc) is 2.16. The van der Waals surface area contributed by atoms with Gasteiger partial charge in [-0.3, -0.25) is 4.79 Å². The van der Waals surface area contributed by atoms with Crippen LogP contribution in [0.25, 0.3) is 0 Å². The smallest absolute Gasteiger partial charge is 0.450 e. The van der Waals surface area contributed by atoms with Crippen molar-refractivity contribution in [2.75, 3.05) is 7.11 Å². The Morgan fingerprint density at radius 2 is 2.00 bits per heavy atom. The normalized spacial score (nSPS) is 11.3. The summed E-state index contributed by atoms with van der Waals surface area (Å²) in [5.74, 6) is -3.06. The van der Waals surface area contributed by atoms with Crippen molar-refractivity contribution in [1.82, 2.24) is 0 Å². The topological polar surface area (TPSA) is 26.3 Å². The highest BCUT2D eigenvalue weighted by Crippen LogP contribution is 2.26. The van der Waals surface area contributed by atoms with Gasteiger partial charge in [-0.05, 0) is 6.07 Å². The Balaban J connectivity index is 2.98. The van der Waals surface area contributed by atoms with Crippen molar-refractivity contribution in [2.45, 2.75) is 12.6 Å². The summed E-state index contributed by atoms with van der Waals surface area (Å²) in [4.78, 5) is 10.7. The van der Waals surface area contributed by atoms with E-state index in [1.807, 2.05) is 0 Å². The number of halogens is 4. The summed E-state index contributed by atoms with van der Waals surface area (Å²) < 4.78 is 53.6. The molecule has 88 valence electrons. The Kier molecular flexibility index (Phi) is 3.51. The summed E-state index contributed by atoms with van der Waals surface area (Å²) in [6, 6.07) is 3.47. The number of benzene rings is 1. The maximum Gasteiger partial charge on any atom is 0.450 e. The summed E-state index contributed by atoms with van der Waals surface area (Å²) in [5, 5.41) is 0. The second-order valence-electron chi connectivity index (χ2n) is 3.03. The molecular formula is C10H8F4O2. The molecule has 1 aromatic rings. The molecule has 0 aromatic heterocycles. The van der Waals surface area contributed by atoms with E-state index in [1.54, 1.807) is 0 Å². The minimum atomic E-state index is -4.92. The second-order valence-corrected chi connectivity index (χ2v) is 3.03. The van der Waals surface area contributed by atoms with Gasteiger partial charge < -0.3 is 4.74 Å². The number of alkyl halides is 3. The van der Waals surface area contributed by atoms with E-state index >= 15 is 0 Å². The molecule has 0 aliphatic carbocycles. The number of ether oxygens (including phenoxy) is 1. The van der Waals surface area contributed by atoms with Crippen molar-refractivity contribution in [3.05, 3.63) is 29.6 Å². The van der Waals surface area contributed by atoms with E-state index in [9.17, 15) is 22.4 Å². The van der Waals surface area contributed by atoms with Gasteiger partial charge in [-0.25, -0.2) is 4.39 Å². The number of hydrogen-bond acceptors (Lipinski definition) is 2. The Labute approximate surface area is 88.8 Å². The van der Waals surface area contributed by atoms with E-state index in [1.165, 1.54) is 12.1 Å². The van der Waals surface area contributed by atoms with Crippen LogP contribution in [0.5, 0.6) is 5.75 Å². The average molecular weight is 236 g/mol. The lowest BCUT2D eigenvalue weighted by atomic mass is 10.1. The number of methoxy groups -OCH3 is 1. The fourth-order valence-corrected chi connectivity index (χ4v) is 1.19. The molecule has 1 aromatic carbocycles. The van der Waals surface area contributed by atoms with E-state index < -0.39 is 24.2 Å². The first kappa shape index (κ1) is 12.5. The third-order valence-electron chi connectivity index (χ3n) is 1.92. The molecular weight excluding hydrogens is 228 g/mol. The molecule has 0 fully saturated rings. The van der Waals surface area contributed by atoms with Gasteiger partial charge in [0.15, 0.2) is 11.6 Å². The summed E-state index contributed by atoms with van der Waals surface area (Å²) in [6.45, 7) is 0. The quantitative estimate of drug-likeness (QED) is 0.754. The van der Waals surface area contributed by atoms with Gasteiger partial charge >= 0.3 is 6.18 Å². The fourth-order valence-electron chi connectivity index (χ4n) is 1.19. The third kappa shape index (κ3) is 2.71. The molecule has 0 atom stereocenters. The second kappa shape index (κ2) is 4.51. The molecule has 0 N–H and O–H groups in total. The lowest BCUT2D eigenvalue weighted by Crippen LogP contribution is -2.24. The maximum atomic E-state index is 13.1. The highest BCUT2D eigenvalue weighted by atomic mass is 19.4. The molecule has 6 heteroatoms. The van der Waals surface area contributed by atoms with Crippen molar-refractivity contribution in [1.29, 1.82) is 0 Å². The lowest BCUT2D eigenvalue weighted by Gasteiger charge is -2.09. The molecule has 0 heterocycles. The molecule has 0 aliphatic heterocycles. The SMILES string of the molecule is COc1c(F)cccc1CC(=O)C(F)(F)F. The Hall–Kier alpha value is -1.59. The van der Waals surface area contributed by atoms with Gasteiger partial charge in [0.2, 0.25) is 5.78 Å². The van der Waals surface area contributed by atoms with Gasteiger partial charge in [0.05, 0.1) is 7.11 Å². The zero-order valence-corrected chi connectivity index (χ0v) is 8.27. The van der Waals surface area contributed by atoms with Crippen LogP contribution in [0.2, 0.25) is 0 Å². The number of para-hydroxylation sites is 1. The van der Waals surface area contributed by atoms with Crippen molar-refractivity contribution in [3.63, 3.8) is 0 Å². The van der Waals surface area contributed by atoms with Gasteiger partial charge in [-0.2, -0.15) is 13.2 Å². The van der Waals surface area contributed by atoms with Gasteiger partial charge in [0.1, 0.15) is 0 Å². The van der Waals surface area contributed by atoms with Crippen molar-refractivity contribution in [3.8, 4) is 5.75 Å². The van der Waals surface area contributed by atoms with Crippen LogP contribution in [-0.2, 0) is 11.2 Å². The van der Waals surface area contributed by atoms with Crippen LogP contribution in [0.15, 0.2) is 18.2 Å². The molecule has 0 bridgehead atoms. The van der Waals surface area contributed by atoms with Crippen LogP contribution in [0.4, 0.5) is 17.6 Å². The highest BCUT2D eigenvalue weighted by molar-refractivity contribution is 5.86. The first-order valence-electron chi connectivity index (χ1n) is 4.27. The number of hydrogen-bond donors (Lipinski definition) is 0. The number of carbonyl (C=O) groups excluding carboxylic acids is 1. The van der Waals surface area contributed by atoms with Crippen LogP contribution >= 0.6 is 0 Å². The zero-order chi connectivity index (χ0) is 12.3. The minimum absolute atomic E-state index is 0.121. The minimum Gasteiger partial charge on any atom is -0.493 e. The molecule has 0 amide bonds. The number of Topliss-reactive ketones (excluding diaryl/α,β-unsaturated/α-hetero) is 1. The summed E-state index contributed by atoms with van der Waals surface area (Å²) in [5.41, 5.74) is -0.121. The van der Waals surface area contributed by atoms with Gasteiger partial charge in [-0.1, -0.05) is 12.1 Å². The summed E-state index contributed by atoms with van der Waals surface area (Å²) in [7, 11) is 1.12. The van der Waals surface area contributed by atoms with Crippen molar-refractivity contribution >= 4 is 5.78 Å². The summed E-state index contributed by atoms with van der Waals surface area (Å²) in [6.07, 6.45) is -5.85. The fraction of sp³-hybridized carbons (Fsp3) is 0.300. The standard InChI is InChI=1S/C10H8F4O2/c1-16-9-6(3-2-4-7(9)11)5-8(15)10(12,13)14/h2-4H,5H2,1H3. The first-order chi connectivity index (χ1) is 7.36. The van der Waals surface area contributed by atoms with Crippen LogP contribution in [0.1, 0.15) is 5.56 Å². The van der Waals surface area contributed by atoms with Crippen molar-refractivity contribution < 1.29 is 27.1 Å². The van der Waals surface area contributed by atoms with Crippen LogP contribution in [0.3, 0.4) is 0 Å². The van der Waals surface area contributed by atoms with Crippen LogP contribution in [0, 0.1) is 5.82 Å². The summed E-state index contributed by atoms with van der Waals surface area (Å²) >= 11 is 0. The van der Waals surface area contributed by atoms with Crippen LogP contribution in [-0.4, -0.2) is 19.1 Å². The largest absolute Gasteiger partial charge is 0.493 e. The van der Waals surface area contributed by atoms with Crippen LogP contribution < -0.4 is 4.74 Å². The molecule has 0 saturated heterocycles. The number of ketones is 1. The van der Waals surface area contributed by atoms with E-state index in [4.69, 9.17) is 0 Å². The molecule has 0 unspecified atom stereocenters. The first-order valence-corrected chi connectivity index (χ1v) is 4.27. The van der Waals surface area contributed by atoms with E-state index in [2.05, 4.69) is 4.74 Å². The van der Waals surface area contributed by atoms with Gasteiger partial charge in [0, 0.05) is 12.0 Å².